The van der Waals surface area contributed by atoms with E-state index in [-0.39, 0.29) is 16.7 Å². The molecule has 0 atom stereocenters. The van der Waals surface area contributed by atoms with Gasteiger partial charge in [-0.1, -0.05) is 0 Å². The van der Waals surface area contributed by atoms with Crippen LogP contribution in [0.1, 0.15) is 0 Å². The van der Waals surface area contributed by atoms with Crippen LogP contribution >= 0.6 is 12.2 Å². The normalized spacial score (nSPS) is 18.3. The van der Waals surface area contributed by atoms with Gasteiger partial charge in [0.15, 0.2) is 9.84 Å². The summed E-state index contributed by atoms with van der Waals surface area (Å²) in [6, 6.07) is 0. The highest BCUT2D eigenvalue weighted by Crippen LogP contribution is 2.08. The Kier molecular flexibility index (Phi) is 4.49. The summed E-state index contributed by atoms with van der Waals surface area (Å²) in [4.78, 5) is 0. The van der Waals surface area contributed by atoms with Crippen molar-refractivity contribution in [3.63, 3.8) is 0 Å². The lowest BCUT2D eigenvalue weighted by atomic mass is 10.5. The maximum absolute atomic E-state index is 11.1. The quantitative estimate of drug-likeness (QED) is 0.553. The van der Waals surface area contributed by atoms with E-state index < -0.39 is 9.84 Å². The maximum Gasteiger partial charge on any atom is 0.261 e. The second kappa shape index (κ2) is 5.43. The molecule has 5 nitrogen and oxygen atoms in total. The molecule has 1 aliphatic rings. The number of rotatable bonds is 4. The number of thiocarbonyl (C=S) groups is 1. The van der Waals surface area contributed by atoms with E-state index in [1.165, 1.54) is 0 Å². The summed E-state index contributed by atoms with van der Waals surface area (Å²) in [5.74, 6) is 0.0663. The van der Waals surface area contributed by atoms with Gasteiger partial charge in [-0.3, -0.25) is 0 Å². The zero-order chi connectivity index (χ0) is 11.3. The number of nitrogens with one attached hydrogen (secondary N) is 1. The Hall–Kier alpha value is -0.660. The average molecular weight is 251 g/mol. The van der Waals surface area contributed by atoms with Crippen molar-refractivity contribution < 1.29 is 17.9 Å². The van der Waals surface area contributed by atoms with Gasteiger partial charge in [0.2, 0.25) is 0 Å². The van der Waals surface area contributed by atoms with Crippen LogP contribution in [0.5, 0.6) is 0 Å². The van der Waals surface area contributed by atoms with Crippen LogP contribution in [-0.4, -0.2) is 45.4 Å². The molecule has 0 aromatic carbocycles. The van der Waals surface area contributed by atoms with Crippen LogP contribution < -0.4 is 5.32 Å². The number of methoxy groups -OCH3 is 1. The third-order valence-corrected chi connectivity index (χ3v) is 3.39. The summed E-state index contributed by atoms with van der Waals surface area (Å²) in [7, 11) is -1.40. The van der Waals surface area contributed by atoms with Gasteiger partial charge in [0, 0.05) is 12.8 Å². The van der Waals surface area contributed by atoms with Crippen molar-refractivity contribution in [2.75, 3.05) is 31.8 Å². The minimum atomic E-state index is -2.96. The topological polar surface area (TPSA) is 64.6 Å². The van der Waals surface area contributed by atoms with Crippen LogP contribution in [0.3, 0.4) is 0 Å². The summed E-state index contributed by atoms with van der Waals surface area (Å²) in [5.41, 5.74) is 0.581. The zero-order valence-corrected chi connectivity index (χ0v) is 9.99. The highest BCUT2D eigenvalue weighted by Gasteiger charge is 2.20. The molecule has 0 unspecified atom stereocenters. The molecule has 1 rings (SSSR count). The molecular weight excluding hydrogens is 238 g/mol. The van der Waals surface area contributed by atoms with Gasteiger partial charge in [0.1, 0.15) is 6.61 Å². The minimum Gasteiger partial charge on any atom is -0.468 e. The Morgan fingerprint density at radius 1 is 1.60 bits per heavy atom. The van der Waals surface area contributed by atoms with E-state index in [0.29, 0.717) is 18.9 Å². The molecule has 0 fully saturated rings. The van der Waals surface area contributed by atoms with Gasteiger partial charge in [0.05, 0.1) is 18.1 Å². The van der Waals surface area contributed by atoms with Crippen LogP contribution in [0.25, 0.3) is 0 Å². The molecular formula is C8H13NO4S2. The Balaban J connectivity index is 2.28. The predicted molar refractivity (Wildman–Crippen MR) is 60.3 cm³/mol. The SMILES string of the molecule is COCCOC(=S)NC1=CCS(=O)(=O)C1. The average Bonchev–Trinajstić information content (AvgIpc) is 2.46. The molecule has 1 N–H and O–H groups in total. The number of hydrogen-bond donors (Lipinski definition) is 1. The third kappa shape index (κ3) is 4.59. The van der Waals surface area contributed by atoms with Crippen molar-refractivity contribution in [2.24, 2.45) is 0 Å². The first kappa shape index (κ1) is 12.4. The summed E-state index contributed by atoms with van der Waals surface area (Å²) < 4.78 is 32.0. The fourth-order valence-electron chi connectivity index (χ4n) is 1.05. The first-order chi connectivity index (χ1) is 7.03. The van der Waals surface area contributed by atoms with Gasteiger partial charge in [-0.05, 0) is 18.3 Å². The fraction of sp³-hybridized carbons (Fsp3) is 0.625. The number of ether oxygens (including phenoxy) is 2. The van der Waals surface area contributed by atoms with E-state index in [2.05, 4.69) is 5.32 Å². The van der Waals surface area contributed by atoms with Crippen LogP contribution in [-0.2, 0) is 19.3 Å². The highest BCUT2D eigenvalue weighted by molar-refractivity contribution is 7.92. The van der Waals surface area contributed by atoms with Crippen molar-refractivity contribution in [1.82, 2.24) is 5.32 Å². The number of hydrogen-bond acceptors (Lipinski definition) is 5. The van der Waals surface area contributed by atoms with E-state index in [1.807, 2.05) is 0 Å². The first-order valence-electron chi connectivity index (χ1n) is 4.36. The molecule has 0 aromatic rings. The van der Waals surface area contributed by atoms with Gasteiger partial charge in [-0.2, -0.15) is 0 Å². The van der Waals surface area contributed by atoms with Crippen molar-refractivity contribution in [2.45, 2.75) is 0 Å². The summed E-state index contributed by atoms with van der Waals surface area (Å²) in [6.45, 7) is 0.793. The van der Waals surface area contributed by atoms with E-state index in [1.54, 1.807) is 13.2 Å². The number of sulfone groups is 1. The molecule has 0 spiro atoms. The van der Waals surface area contributed by atoms with Crippen molar-refractivity contribution in [1.29, 1.82) is 0 Å². The molecule has 0 aliphatic carbocycles. The van der Waals surface area contributed by atoms with Gasteiger partial charge >= 0.3 is 0 Å². The molecule has 0 saturated carbocycles. The molecule has 1 aliphatic heterocycles. The Bertz CT molecular complexity index is 361. The molecule has 0 radical (unpaired) electrons. The van der Waals surface area contributed by atoms with Crippen LogP contribution in [0.15, 0.2) is 11.8 Å². The second-order valence-corrected chi connectivity index (χ2v) is 5.52. The van der Waals surface area contributed by atoms with Crippen LogP contribution in [0.4, 0.5) is 0 Å². The largest absolute Gasteiger partial charge is 0.468 e. The van der Waals surface area contributed by atoms with Crippen LogP contribution in [0, 0.1) is 0 Å². The molecule has 0 amide bonds. The van der Waals surface area contributed by atoms with Gasteiger partial charge in [-0.25, -0.2) is 8.42 Å². The van der Waals surface area contributed by atoms with Crippen molar-refractivity contribution >= 4 is 27.2 Å². The molecule has 0 aromatic heterocycles. The van der Waals surface area contributed by atoms with E-state index >= 15 is 0 Å². The van der Waals surface area contributed by atoms with E-state index in [0.717, 1.165) is 0 Å². The third-order valence-electron chi connectivity index (χ3n) is 1.74. The molecule has 0 bridgehead atoms. The maximum atomic E-state index is 11.1. The van der Waals surface area contributed by atoms with Gasteiger partial charge < -0.3 is 14.8 Å². The monoisotopic (exact) mass is 251 g/mol. The Labute approximate surface area is 94.4 Å². The fourth-order valence-corrected chi connectivity index (χ4v) is 2.51. The lowest BCUT2D eigenvalue weighted by Gasteiger charge is -2.09. The van der Waals surface area contributed by atoms with E-state index in [4.69, 9.17) is 21.7 Å². The second-order valence-electron chi connectivity index (χ2n) is 3.04. The standard InChI is InChI=1S/C8H13NO4S2/c1-12-3-4-13-8(14)9-7-2-5-15(10,11)6-7/h2H,3-6H2,1H3,(H,9,14). The summed E-state index contributed by atoms with van der Waals surface area (Å²) in [5, 5.41) is 2.91. The smallest absolute Gasteiger partial charge is 0.261 e. The minimum absolute atomic E-state index is 0.000772. The zero-order valence-electron chi connectivity index (χ0n) is 8.36. The summed E-state index contributed by atoms with van der Waals surface area (Å²) >= 11 is 4.85. The molecule has 86 valence electrons. The summed E-state index contributed by atoms with van der Waals surface area (Å²) in [6.07, 6.45) is 1.60. The van der Waals surface area contributed by atoms with Crippen LogP contribution in [0.2, 0.25) is 0 Å². The highest BCUT2D eigenvalue weighted by atomic mass is 32.2. The van der Waals surface area contributed by atoms with Crippen molar-refractivity contribution in [3.8, 4) is 0 Å². The van der Waals surface area contributed by atoms with Crippen molar-refractivity contribution in [3.05, 3.63) is 11.8 Å². The van der Waals surface area contributed by atoms with Gasteiger partial charge in [-0.15, -0.1) is 0 Å². The molecule has 15 heavy (non-hydrogen) atoms. The predicted octanol–water partition coefficient (Wildman–Crippen LogP) is -0.164. The molecule has 0 saturated heterocycles. The molecule has 1 heterocycles. The first-order valence-corrected chi connectivity index (χ1v) is 6.58. The Morgan fingerprint density at radius 3 is 2.87 bits per heavy atom. The Morgan fingerprint density at radius 2 is 2.33 bits per heavy atom. The van der Waals surface area contributed by atoms with E-state index in [9.17, 15) is 8.42 Å². The molecule has 7 heteroatoms. The lowest BCUT2D eigenvalue weighted by Crippen LogP contribution is -2.26. The van der Waals surface area contributed by atoms with Gasteiger partial charge in [0.25, 0.3) is 5.17 Å². The lowest BCUT2D eigenvalue weighted by molar-refractivity contribution is 0.141.